The zero-order valence-electron chi connectivity index (χ0n) is 21.3. The average Bonchev–Trinajstić information content (AvgIpc) is 3.31. The number of carbonyl (C=O) groups is 1. The third-order valence-corrected chi connectivity index (χ3v) is 6.98. The molecule has 1 N–H and O–H groups in total. The molecule has 1 fully saturated rings. The van der Waals surface area contributed by atoms with Gasteiger partial charge in [0, 0.05) is 29.8 Å². The van der Waals surface area contributed by atoms with Crippen LogP contribution in [0.4, 0.5) is 0 Å². The van der Waals surface area contributed by atoms with Crippen molar-refractivity contribution in [2.75, 3.05) is 19.6 Å². The number of aryl methyl sites for hydroxylation is 1. The Bertz CT molecular complexity index is 1530. The highest BCUT2D eigenvalue weighted by atomic mass is 16.4. The second-order valence-electron chi connectivity index (χ2n) is 9.59. The van der Waals surface area contributed by atoms with Crippen molar-refractivity contribution < 1.29 is 9.90 Å². The van der Waals surface area contributed by atoms with Crippen LogP contribution < -0.4 is 0 Å². The van der Waals surface area contributed by atoms with Gasteiger partial charge in [0.1, 0.15) is 0 Å². The Labute approximate surface area is 216 Å². The number of nitrogens with zero attached hydrogens (tertiary/aromatic N) is 5. The lowest BCUT2D eigenvalue weighted by atomic mass is 9.96. The molecule has 0 bridgehead atoms. The van der Waals surface area contributed by atoms with Crippen LogP contribution in [0.1, 0.15) is 31.2 Å². The maximum absolute atomic E-state index is 11.3. The number of piperidine rings is 1. The Morgan fingerprint density at radius 2 is 1.92 bits per heavy atom. The summed E-state index contributed by atoms with van der Waals surface area (Å²) in [5.41, 5.74) is 7.21. The van der Waals surface area contributed by atoms with Crippen molar-refractivity contribution in [2.24, 2.45) is 5.92 Å². The van der Waals surface area contributed by atoms with Gasteiger partial charge in [-0.05, 0) is 62.6 Å². The first-order valence-corrected chi connectivity index (χ1v) is 12.6. The molecule has 0 amide bonds. The Morgan fingerprint density at radius 1 is 1.16 bits per heavy atom. The molecule has 1 aliphatic heterocycles. The smallest absolute Gasteiger partial charge is 0.306 e. The lowest BCUT2D eigenvalue weighted by Gasteiger charge is -2.30. The van der Waals surface area contributed by atoms with E-state index < -0.39 is 5.97 Å². The number of fused-ring (bicyclic) bond motifs is 3. The van der Waals surface area contributed by atoms with Gasteiger partial charge in [-0.3, -0.25) is 9.69 Å². The minimum absolute atomic E-state index is 0.226. The van der Waals surface area contributed by atoms with Crippen LogP contribution >= 0.6 is 0 Å². The minimum atomic E-state index is -0.683. The monoisotopic (exact) mass is 493 g/mol. The van der Waals surface area contributed by atoms with Crippen molar-refractivity contribution in [3.63, 3.8) is 0 Å². The first-order valence-electron chi connectivity index (χ1n) is 12.6. The molecule has 37 heavy (non-hydrogen) atoms. The van der Waals surface area contributed by atoms with Gasteiger partial charge in [-0.2, -0.15) is 9.61 Å². The van der Waals surface area contributed by atoms with E-state index in [4.69, 9.17) is 4.98 Å². The molecule has 5 rings (SSSR count). The quantitative estimate of drug-likeness (QED) is 0.339. The van der Waals surface area contributed by atoms with E-state index in [0.717, 1.165) is 70.0 Å². The molecule has 3 aromatic heterocycles. The topological polar surface area (TPSA) is 83.6 Å². The van der Waals surface area contributed by atoms with E-state index >= 15 is 0 Å². The Hall–Kier alpha value is -4.10. The van der Waals surface area contributed by atoms with Crippen LogP contribution in [-0.4, -0.2) is 55.2 Å². The first-order chi connectivity index (χ1) is 17.9. The number of benzene rings is 1. The molecule has 1 aliphatic rings. The summed E-state index contributed by atoms with van der Waals surface area (Å²) in [4.78, 5) is 23.2. The summed E-state index contributed by atoms with van der Waals surface area (Å²) < 4.78 is 1.79. The molecule has 0 unspecified atom stereocenters. The highest BCUT2D eigenvalue weighted by Gasteiger charge is 2.24. The summed E-state index contributed by atoms with van der Waals surface area (Å²) in [6, 6.07) is 14.2. The SMILES string of the molecule is C=C(/C=C\C(=C/C)CN1CCC(C(=O)O)CC1)c1nc2c(cnc3cc(C)nn32)cc1-c1ccccc1. The molecule has 0 aliphatic carbocycles. The Balaban J connectivity index is 1.46. The van der Waals surface area contributed by atoms with Crippen molar-refractivity contribution in [1.82, 2.24) is 24.5 Å². The predicted octanol–water partition coefficient (Wildman–Crippen LogP) is 5.57. The summed E-state index contributed by atoms with van der Waals surface area (Å²) in [5.74, 6) is -0.909. The van der Waals surface area contributed by atoms with E-state index in [-0.39, 0.29) is 5.92 Å². The van der Waals surface area contributed by atoms with Gasteiger partial charge in [-0.25, -0.2) is 9.97 Å². The number of carboxylic acid groups (broad SMARTS) is 1. The van der Waals surface area contributed by atoms with Crippen LogP contribution in [0.15, 0.2) is 79.0 Å². The molecular weight excluding hydrogens is 462 g/mol. The number of rotatable bonds is 7. The van der Waals surface area contributed by atoms with Crippen molar-refractivity contribution in [2.45, 2.75) is 26.7 Å². The normalized spacial score (nSPS) is 15.7. The Kier molecular flexibility index (Phi) is 6.97. The first kappa shape index (κ1) is 24.6. The standard InChI is InChI=1S/C30H31N5O2/c1-4-22(19-34-14-12-24(13-15-34)30(36)37)11-10-20(2)28-26(23-8-6-5-7-9-23)17-25-18-31-27-16-21(3)33-35(27)29(25)32-28/h4-11,16-18,24H,2,12-15,19H2,1,3H3,(H,36,37)/b11-10-,22-4+. The number of aliphatic carboxylic acids is 1. The minimum Gasteiger partial charge on any atom is -0.481 e. The number of pyridine rings is 1. The molecule has 0 atom stereocenters. The number of likely N-dealkylation sites (tertiary alicyclic amines) is 1. The largest absolute Gasteiger partial charge is 0.481 e. The van der Waals surface area contributed by atoms with E-state index in [0.29, 0.717) is 12.8 Å². The van der Waals surface area contributed by atoms with Crippen molar-refractivity contribution in [3.05, 3.63) is 90.4 Å². The van der Waals surface area contributed by atoms with Crippen molar-refractivity contribution >= 4 is 28.2 Å². The Morgan fingerprint density at radius 3 is 2.62 bits per heavy atom. The van der Waals surface area contributed by atoms with Gasteiger partial charge < -0.3 is 5.11 Å². The summed E-state index contributed by atoms with van der Waals surface area (Å²) >= 11 is 0. The molecule has 4 aromatic rings. The lowest BCUT2D eigenvalue weighted by molar-refractivity contribution is -0.143. The molecule has 7 nitrogen and oxygen atoms in total. The van der Waals surface area contributed by atoms with E-state index in [1.807, 2.05) is 50.4 Å². The van der Waals surface area contributed by atoms with E-state index in [9.17, 15) is 9.90 Å². The fraction of sp³-hybridized carbons (Fsp3) is 0.267. The lowest BCUT2D eigenvalue weighted by Crippen LogP contribution is -2.37. The van der Waals surface area contributed by atoms with E-state index in [1.54, 1.807) is 4.52 Å². The van der Waals surface area contributed by atoms with Gasteiger partial charge in [-0.15, -0.1) is 0 Å². The maximum atomic E-state index is 11.3. The molecule has 1 saturated heterocycles. The van der Waals surface area contributed by atoms with Crippen LogP contribution in [0.2, 0.25) is 0 Å². The molecule has 4 heterocycles. The van der Waals surface area contributed by atoms with Gasteiger partial charge in [-0.1, -0.05) is 55.1 Å². The second kappa shape index (κ2) is 10.5. The average molecular weight is 494 g/mol. The van der Waals surface area contributed by atoms with Crippen LogP contribution in [0.5, 0.6) is 0 Å². The van der Waals surface area contributed by atoms with Crippen LogP contribution in [-0.2, 0) is 4.79 Å². The highest BCUT2D eigenvalue weighted by Crippen LogP contribution is 2.31. The zero-order valence-corrected chi connectivity index (χ0v) is 21.3. The molecule has 7 heteroatoms. The molecular formula is C30H31N5O2. The van der Waals surface area contributed by atoms with E-state index in [2.05, 4.69) is 51.9 Å². The zero-order chi connectivity index (χ0) is 25.9. The van der Waals surface area contributed by atoms with Crippen LogP contribution in [0.3, 0.4) is 0 Å². The third kappa shape index (κ3) is 5.22. The summed E-state index contributed by atoms with van der Waals surface area (Å²) in [6.45, 7) is 10.7. The van der Waals surface area contributed by atoms with Crippen LogP contribution in [0.25, 0.3) is 33.4 Å². The molecule has 0 saturated carbocycles. The number of hydrogen-bond acceptors (Lipinski definition) is 5. The molecule has 188 valence electrons. The van der Waals surface area contributed by atoms with Gasteiger partial charge in [0.25, 0.3) is 0 Å². The second-order valence-corrected chi connectivity index (χ2v) is 9.59. The summed E-state index contributed by atoms with van der Waals surface area (Å²) in [6.07, 6.45) is 9.44. The van der Waals surface area contributed by atoms with Crippen LogP contribution in [0, 0.1) is 12.8 Å². The van der Waals surface area contributed by atoms with Crippen molar-refractivity contribution in [3.8, 4) is 11.1 Å². The third-order valence-electron chi connectivity index (χ3n) is 6.98. The molecule has 1 aromatic carbocycles. The highest BCUT2D eigenvalue weighted by molar-refractivity contribution is 5.90. The number of aromatic nitrogens is 4. The van der Waals surface area contributed by atoms with Gasteiger partial charge in [0.15, 0.2) is 11.3 Å². The van der Waals surface area contributed by atoms with E-state index in [1.165, 1.54) is 0 Å². The number of hydrogen-bond donors (Lipinski definition) is 1. The summed E-state index contributed by atoms with van der Waals surface area (Å²) in [7, 11) is 0. The fourth-order valence-corrected chi connectivity index (χ4v) is 4.86. The van der Waals surface area contributed by atoms with Gasteiger partial charge >= 0.3 is 5.97 Å². The van der Waals surface area contributed by atoms with Crippen molar-refractivity contribution in [1.29, 1.82) is 0 Å². The molecule has 0 spiro atoms. The molecule has 0 radical (unpaired) electrons. The van der Waals surface area contributed by atoms with Gasteiger partial charge in [0.2, 0.25) is 0 Å². The predicted molar refractivity (Wildman–Crippen MR) is 147 cm³/mol. The number of allylic oxidation sites excluding steroid dienone is 3. The van der Waals surface area contributed by atoms with Gasteiger partial charge in [0.05, 0.1) is 17.3 Å². The maximum Gasteiger partial charge on any atom is 0.306 e. The number of carboxylic acids is 1. The fourth-order valence-electron chi connectivity index (χ4n) is 4.86. The summed E-state index contributed by atoms with van der Waals surface area (Å²) in [5, 5.41) is 14.8.